The van der Waals surface area contributed by atoms with Crippen molar-refractivity contribution in [1.82, 2.24) is 15.3 Å². The summed E-state index contributed by atoms with van der Waals surface area (Å²) in [5.74, 6) is -0.482. The highest BCUT2D eigenvalue weighted by atomic mass is 16.5. The molecular formula is C26H33N3O3. The van der Waals surface area contributed by atoms with Gasteiger partial charge in [-0.3, -0.25) is 19.8 Å². The number of nitrogens with one attached hydrogen (secondary N) is 1. The van der Waals surface area contributed by atoms with Crippen molar-refractivity contribution in [2.75, 3.05) is 26.3 Å². The van der Waals surface area contributed by atoms with Crippen molar-refractivity contribution in [3.05, 3.63) is 76.9 Å². The van der Waals surface area contributed by atoms with Crippen LogP contribution >= 0.6 is 0 Å². The number of carbonyl (C=O) groups is 1. The van der Waals surface area contributed by atoms with E-state index < -0.39 is 5.91 Å². The fourth-order valence-corrected chi connectivity index (χ4v) is 4.82. The Morgan fingerprint density at radius 1 is 1.00 bits per heavy atom. The van der Waals surface area contributed by atoms with Crippen LogP contribution in [0.15, 0.2) is 54.6 Å². The van der Waals surface area contributed by atoms with E-state index in [1.165, 1.54) is 22.3 Å². The maximum absolute atomic E-state index is 11.5. The second kappa shape index (κ2) is 10.4. The molecule has 2 N–H and O–H groups in total. The summed E-state index contributed by atoms with van der Waals surface area (Å²) in [6.45, 7) is 9.99. The van der Waals surface area contributed by atoms with Crippen molar-refractivity contribution in [1.29, 1.82) is 0 Å². The summed E-state index contributed by atoms with van der Waals surface area (Å²) in [6.07, 6.45) is 3.18. The molecule has 6 heteroatoms. The predicted molar refractivity (Wildman–Crippen MR) is 125 cm³/mol. The number of rotatable bonds is 6. The first-order valence-electron chi connectivity index (χ1n) is 11.4. The smallest absolute Gasteiger partial charge is 0.274 e. The summed E-state index contributed by atoms with van der Waals surface area (Å²) in [6, 6.07) is 17.3. The Bertz CT molecular complexity index is 928. The highest BCUT2D eigenvalue weighted by molar-refractivity contribution is 5.93. The number of hydrogen-bond donors (Lipinski definition) is 2. The van der Waals surface area contributed by atoms with Crippen LogP contribution in [-0.4, -0.2) is 59.3 Å². The summed E-state index contributed by atoms with van der Waals surface area (Å²) in [4.78, 5) is 16.6. The van der Waals surface area contributed by atoms with Crippen LogP contribution in [0.2, 0.25) is 0 Å². The lowest BCUT2D eigenvalue weighted by Crippen LogP contribution is -2.55. The number of hydroxylamine groups is 1. The van der Waals surface area contributed by atoms with Gasteiger partial charge in [0.2, 0.25) is 0 Å². The molecule has 2 atom stereocenters. The van der Waals surface area contributed by atoms with Gasteiger partial charge < -0.3 is 4.74 Å². The van der Waals surface area contributed by atoms with Gasteiger partial charge in [0.1, 0.15) is 0 Å². The van der Waals surface area contributed by atoms with Gasteiger partial charge in [0.25, 0.3) is 5.91 Å². The van der Waals surface area contributed by atoms with Crippen molar-refractivity contribution in [3.63, 3.8) is 0 Å². The summed E-state index contributed by atoms with van der Waals surface area (Å²) in [5.41, 5.74) is 7.37. The Kier molecular flexibility index (Phi) is 7.37. The fourth-order valence-electron chi connectivity index (χ4n) is 4.82. The van der Waals surface area contributed by atoms with Crippen LogP contribution < -0.4 is 5.48 Å². The lowest BCUT2D eigenvalue weighted by molar-refractivity contribution is 0.0290. The molecule has 4 rings (SSSR count). The van der Waals surface area contributed by atoms with Crippen molar-refractivity contribution in [2.24, 2.45) is 0 Å². The van der Waals surface area contributed by atoms with Gasteiger partial charge >= 0.3 is 0 Å². The van der Waals surface area contributed by atoms with Gasteiger partial charge in [-0.2, -0.15) is 0 Å². The standard InChI is InChI=1S/C26H33N3O3/c1-19-15-28(17-21-3-7-23(8-4-21)24-11-13-32-14-12-24)16-20(2)29(19)18-22-5-9-25(10-6-22)26(30)27-31/h3-11,19-20,31H,12-18H2,1-2H3,(H,27,30). The first kappa shape index (κ1) is 22.7. The molecule has 0 saturated carbocycles. The molecule has 1 fully saturated rings. The number of hydrogen-bond acceptors (Lipinski definition) is 5. The maximum atomic E-state index is 11.5. The van der Waals surface area contributed by atoms with E-state index in [0.29, 0.717) is 17.6 Å². The number of amides is 1. The normalized spacial score (nSPS) is 22.4. The van der Waals surface area contributed by atoms with Crippen LogP contribution in [-0.2, 0) is 17.8 Å². The molecule has 1 amide bonds. The first-order valence-corrected chi connectivity index (χ1v) is 11.4. The Labute approximate surface area is 190 Å². The number of carbonyl (C=O) groups excluding carboxylic acids is 1. The van der Waals surface area contributed by atoms with Crippen LogP contribution in [0, 0.1) is 0 Å². The van der Waals surface area contributed by atoms with Crippen molar-refractivity contribution < 1.29 is 14.7 Å². The lowest BCUT2D eigenvalue weighted by Gasteiger charge is -2.44. The largest absolute Gasteiger partial charge is 0.377 e. The number of nitrogens with zero attached hydrogens (tertiary/aromatic N) is 2. The molecule has 2 aliphatic heterocycles. The van der Waals surface area contributed by atoms with Crippen LogP contribution in [0.1, 0.15) is 47.3 Å². The molecule has 2 aliphatic rings. The van der Waals surface area contributed by atoms with Gasteiger partial charge in [0.15, 0.2) is 0 Å². The average Bonchev–Trinajstić information content (AvgIpc) is 2.82. The molecule has 2 unspecified atom stereocenters. The third kappa shape index (κ3) is 5.45. The minimum absolute atomic E-state index is 0.436. The summed E-state index contributed by atoms with van der Waals surface area (Å²) in [5, 5.41) is 8.77. The summed E-state index contributed by atoms with van der Waals surface area (Å²) in [7, 11) is 0. The third-order valence-electron chi connectivity index (χ3n) is 6.55. The molecule has 0 radical (unpaired) electrons. The minimum Gasteiger partial charge on any atom is -0.377 e. The molecule has 0 aromatic heterocycles. The molecule has 32 heavy (non-hydrogen) atoms. The highest BCUT2D eigenvalue weighted by Gasteiger charge is 2.29. The van der Waals surface area contributed by atoms with Crippen LogP contribution in [0.3, 0.4) is 0 Å². The van der Waals surface area contributed by atoms with Gasteiger partial charge in [-0.25, -0.2) is 5.48 Å². The van der Waals surface area contributed by atoms with E-state index in [9.17, 15) is 4.79 Å². The van der Waals surface area contributed by atoms with Crippen molar-refractivity contribution >= 4 is 11.5 Å². The van der Waals surface area contributed by atoms with E-state index in [1.807, 2.05) is 12.1 Å². The molecule has 2 heterocycles. The first-order chi connectivity index (χ1) is 15.5. The maximum Gasteiger partial charge on any atom is 0.274 e. The highest BCUT2D eigenvalue weighted by Crippen LogP contribution is 2.24. The summed E-state index contributed by atoms with van der Waals surface area (Å²) < 4.78 is 5.42. The Morgan fingerprint density at radius 3 is 2.22 bits per heavy atom. The second-order valence-corrected chi connectivity index (χ2v) is 8.95. The van der Waals surface area contributed by atoms with Crippen LogP contribution in [0.4, 0.5) is 0 Å². The fraction of sp³-hybridized carbons (Fsp3) is 0.423. The van der Waals surface area contributed by atoms with Gasteiger partial charge in [-0.1, -0.05) is 42.5 Å². The van der Waals surface area contributed by atoms with Crippen molar-refractivity contribution in [3.8, 4) is 0 Å². The molecule has 1 saturated heterocycles. The number of ether oxygens (including phenoxy) is 1. The quantitative estimate of drug-likeness (QED) is 0.535. The molecule has 0 aliphatic carbocycles. The molecule has 2 aromatic carbocycles. The van der Waals surface area contributed by atoms with Crippen molar-refractivity contribution in [2.45, 2.75) is 45.4 Å². The topological polar surface area (TPSA) is 65.0 Å². The monoisotopic (exact) mass is 435 g/mol. The van der Waals surface area contributed by atoms with E-state index in [2.05, 4.69) is 54.0 Å². The SMILES string of the molecule is CC1CN(Cc2ccc(C3=CCOCC3)cc2)CC(C)N1Cc1ccc(C(=O)NO)cc1. The lowest BCUT2D eigenvalue weighted by atomic mass is 9.99. The zero-order valence-corrected chi connectivity index (χ0v) is 19.0. The van der Waals surface area contributed by atoms with E-state index in [1.54, 1.807) is 17.6 Å². The Morgan fingerprint density at radius 2 is 1.62 bits per heavy atom. The van der Waals surface area contributed by atoms with Gasteiger partial charge in [0, 0.05) is 43.8 Å². The molecule has 0 bridgehead atoms. The van der Waals surface area contributed by atoms with Gasteiger partial charge in [0.05, 0.1) is 13.2 Å². The molecular weight excluding hydrogens is 402 g/mol. The number of benzene rings is 2. The van der Waals surface area contributed by atoms with E-state index >= 15 is 0 Å². The molecule has 6 nitrogen and oxygen atoms in total. The predicted octanol–water partition coefficient (Wildman–Crippen LogP) is 3.70. The summed E-state index contributed by atoms with van der Waals surface area (Å²) >= 11 is 0. The molecule has 2 aromatic rings. The second-order valence-electron chi connectivity index (χ2n) is 8.95. The van der Waals surface area contributed by atoms with E-state index in [0.717, 1.165) is 45.8 Å². The zero-order chi connectivity index (χ0) is 22.5. The van der Waals surface area contributed by atoms with Gasteiger partial charge in [-0.15, -0.1) is 0 Å². The number of piperazine rings is 1. The molecule has 170 valence electrons. The third-order valence-corrected chi connectivity index (χ3v) is 6.55. The Balaban J connectivity index is 1.33. The van der Waals surface area contributed by atoms with Gasteiger partial charge in [-0.05, 0) is 54.7 Å². The minimum atomic E-state index is -0.482. The van der Waals surface area contributed by atoms with Crippen LogP contribution in [0.25, 0.3) is 5.57 Å². The average molecular weight is 436 g/mol. The Hall–Kier alpha value is -2.51. The van der Waals surface area contributed by atoms with E-state index in [-0.39, 0.29) is 0 Å². The zero-order valence-electron chi connectivity index (χ0n) is 19.0. The molecule has 0 spiro atoms. The van der Waals surface area contributed by atoms with Crippen LogP contribution in [0.5, 0.6) is 0 Å². The van der Waals surface area contributed by atoms with E-state index in [4.69, 9.17) is 9.94 Å².